The Morgan fingerprint density at radius 2 is 1.96 bits per heavy atom. The zero-order chi connectivity index (χ0) is 17.1. The highest BCUT2D eigenvalue weighted by Crippen LogP contribution is 2.19. The van der Waals surface area contributed by atoms with Crippen LogP contribution in [-0.4, -0.2) is 29.3 Å². The summed E-state index contributed by atoms with van der Waals surface area (Å²) in [5.74, 6) is -2.33. The summed E-state index contributed by atoms with van der Waals surface area (Å²) in [5.41, 5.74) is 0.761. The van der Waals surface area contributed by atoms with Crippen LogP contribution in [0.2, 0.25) is 0 Å². The molecule has 1 aromatic heterocycles. The van der Waals surface area contributed by atoms with Crippen LogP contribution in [0.15, 0.2) is 40.8 Å². The normalized spacial score (nSPS) is 12.3. The Morgan fingerprint density at radius 3 is 2.75 bits per heavy atom. The van der Waals surface area contributed by atoms with Crippen LogP contribution < -0.4 is 10.1 Å². The van der Waals surface area contributed by atoms with Crippen molar-refractivity contribution < 1.29 is 27.4 Å². The summed E-state index contributed by atoms with van der Waals surface area (Å²) in [5, 5.41) is 12.6. The minimum atomic E-state index is -1.03. The van der Waals surface area contributed by atoms with E-state index in [0.717, 1.165) is 12.1 Å². The summed E-state index contributed by atoms with van der Waals surface area (Å²) < 4.78 is 49.4. The SMILES string of the molecule is O[C@@H](CNc1nc2cc(F)ccc2o1)COc1ccc(F)c(F)c1. The predicted molar refractivity (Wildman–Crippen MR) is 80.3 cm³/mol. The van der Waals surface area contributed by atoms with E-state index in [1.807, 2.05) is 0 Å². The second-order valence-electron chi connectivity index (χ2n) is 5.05. The molecule has 24 heavy (non-hydrogen) atoms. The number of nitrogens with one attached hydrogen (secondary N) is 1. The summed E-state index contributed by atoms with van der Waals surface area (Å²) in [4.78, 5) is 4.02. The van der Waals surface area contributed by atoms with Crippen molar-refractivity contribution in [3.05, 3.63) is 53.8 Å². The van der Waals surface area contributed by atoms with Crippen LogP contribution in [0.1, 0.15) is 0 Å². The molecular formula is C16H13F3N2O3. The molecule has 3 rings (SSSR count). The van der Waals surface area contributed by atoms with E-state index < -0.39 is 23.6 Å². The quantitative estimate of drug-likeness (QED) is 0.723. The van der Waals surface area contributed by atoms with Gasteiger partial charge in [-0.3, -0.25) is 0 Å². The molecule has 0 unspecified atom stereocenters. The summed E-state index contributed by atoms with van der Waals surface area (Å²) in [6.45, 7) is -0.105. The summed E-state index contributed by atoms with van der Waals surface area (Å²) in [6, 6.07) is 7.15. The van der Waals surface area contributed by atoms with Gasteiger partial charge in [0.2, 0.25) is 0 Å². The van der Waals surface area contributed by atoms with E-state index in [2.05, 4.69) is 10.3 Å². The molecule has 0 aliphatic rings. The van der Waals surface area contributed by atoms with Gasteiger partial charge in [-0.1, -0.05) is 0 Å². The van der Waals surface area contributed by atoms with Crippen molar-refractivity contribution in [2.45, 2.75) is 6.10 Å². The lowest BCUT2D eigenvalue weighted by Gasteiger charge is -2.12. The van der Waals surface area contributed by atoms with Crippen molar-refractivity contribution in [2.24, 2.45) is 0 Å². The lowest BCUT2D eigenvalue weighted by atomic mass is 10.3. The molecule has 0 amide bonds. The molecule has 126 valence electrons. The maximum Gasteiger partial charge on any atom is 0.295 e. The standard InChI is InChI=1S/C16H13F3N2O3/c17-9-1-4-15-14(5-9)21-16(24-15)20-7-10(22)8-23-11-2-3-12(18)13(19)6-11/h1-6,10,22H,7-8H2,(H,20,21)/t10-/m0/s1. The van der Waals surface area contributed by atoms with E-state index in [4.69, 9.17) is 9.15 Å². The Balaban J connectivity index is 1.52. The monoisotopic (exact) mass is 338 g/mol. The molecule has 8 heteroatoms. The largest absolute Gasteiger partial charge is 0.491 e. The van der Waals surface area contributed by atoms with Crippen LogP contribution in [0.25, 0.3) is 11.1 Å². The van der Waals surface area contributed by atoms with Gasteiger partial charge in [0, 0.05) is 18.7 Å². The van der Waals surface area contributed by atoms with Crippen molar-refractivity contribution in [2.75, 3.05) is 18.5 Å². The number of rotatable bonds is 6. The minimum Gasteiger partial charge on any atom is -0.491 e. The fraction of sp³-hybridized carbons (Fsp3) is 0.188. The van der Waals surface area contributed by atoms with Gasteiger partial charge in [0.25, 0.3) is 6.01 Å². The molecule has 0 fully saturated rings. The predicted octanol–water partition coefficient (Wildman–Crippen LogP) is 3.10. The maximum atomic E-state index is 13.1. The van der Waals surface area contributed by atoms with E-state index in [-0.39, 0.29) is 24.9 Å². The zero-order valence-corrected chi connectivity index (χ0v) is 12.3. The lowest BCUT2D eigenvalue weighted by molar-refractivity contribution is 0.117. The van der Waals surface area contributed by atoms with Gasteiger partial charge in [-0.05, 0) is 24.3 Å². The van der Waals surface area contributed by atoms with Gasteiger partial charge in [-0.15, -0.1) is 0 Å². The Labute approximate surface area is 134 Å². The fourth-order valence-corrected chi connectivity index (χ4v) is 2.00. The summed E-state index contributed by atoms with van der Waals surface area (Å²) >= 11 is 0. The van der Waals surface area contributed by atoms with E-state index in [1.165, 1.54) is 24.3 Å². The topological polar surface area (TPSA) is 67.5 Å². The molecule has 0 bridgehead atoms. The lowest BCUT2D eigenvalue weighted by Crippen LogP contribution is -2.26. The van der Waals surface area contributed by atoms with Crippen LogP contribution >= 0.6 is 0 Å². The second kappa shape index (κ2) is 6.79. The first-order valence-corrected chi connectivity index (χ1v) is 7.07. The van der Waals surface area contributed by atoms with Gasteiger partial charge in [0.1, 0.15) is 29.8 Å². The van der Waals surface area contributed by atoms with Gasteiger partial charge in [0.05, 0.1) is 0 Å². The van der Waals surface area contributed by atoms with Gasteiger partial charge in [0.15, 0.2) is 17.2 Å². The molecule has 5 nitrogen and oxygen atoms in total. The number of benzene rings is 2. The van der Waals surface area contributed by atoms with Crippen LogP contribution in [0.3, 0.4) is 0 Å². The third kappa shape index (κ3) is 3.77. The average Bonchev–Trinajstić information content (AvgIpc) is 2.96. The molecule has 0 aliphatic heterocycles. The first-order chi connectivity index (χ1) is 11.5. The zero-order valence-electron chi connectivity index (χ0n) is 12.3. The minimum absolute atomic E-state index is 0.0407. The van der Waals surface area contributed by atoms with Crippen LogP contribution in [0, 0.1) is 17.5 Å². The molecule has 1 atom stereocenters. The van der Waals surface area contributed by atoms with Gasteiger partial charge in [-0.25, -0.2) is 13.2 Å². The molecular weight excluding hydrogens is 325 g/mol. The number of oxazole rings is 1. The van der Waals surface area contributed by atoms with Gasteiger partial charge in [-0.2, -0.15) is 4.98 Å². The number of anilines is 1. The Kier molecular flexibility index (Phi) is 4.57. The van der Waals surface area contributed by atoms with Crippen LogP contribution in [0.4, 0.5) is 19.2 Å². The van der Waals surface area contributed by atoms with Crippen molar-refractivity contribution in [1.82, 2.24) is 4.98 Å². The van der Waals surface area contributed by atoms with E-state index in [1.54, 1.807) is 0 Å². The number of hydrogen-bond acceptors (Lipinski definition) is 5. The van der Waals surface area contributed by atoms with E-state index >= 15 is 0 Å². The Hall–Kier alpha value is -2.74. The number of halogens is 3. The van der Waals surface area contributed by atoms with Crippen molar-refractivity contribution in [3.63, 3.8) is 0 Å². The van der Waals surface area contributed by atoms with Gasteiger partial charge >= 0.3 is 0 Å². The van der Waals surface area contributed by atoms with Crippen LogP contribution in [-0.2, 0) is 0 Å². The highest BCUT2D eigenvalue weighted by molar-refractivity contribution is 5.74. The van der Waals surface area contributed by atoms with Gasteiger partial charge < -0.3 is 19.6 Å². The van der Waals surface area contributed by atoms with Crippen molar-refractivity contribution in [1.29, 1.82) is 0 Å². The molecule has 0 saturated heterocycles. The van der Waals surface area contributed by atoms with E-state index in [0.29, 0.717) is 11.1 Å². The molecule has 2 aromatic carbocycles. The average molecular weight is 338 g/mol. The number of fused-ring (bicyclic) bond motifs is 1. The van der Waals surface area contributed by atoms with E-state index in [9.17, 15) is 18.3 Å². The number of hydrogen-bond donors (Lipinski definition) is 2. The number of ether oxygens (including phenoxy) is 1. The summed E-state index contributed by atoms with van der Waals surface area (Å²) in [7, 11) is 0. The highest BCUT2D eigenvalue weighted by atomic mass is 19.2. The first-order valence-electron chi connectivity index (χ1n) is 7.07. The molecule has 2 N–H and O–H groups in total. The van der Waals surface area contributed by atoms with Crippen molar-refractivity contribution >= 4 is 17.1 Å². The Bertz CT molecular complexity index is 854. The number of aliphatic hydroxyl groups is 1. The summed E-state index contributed by atoms with van der Waals surface area (Å²) in [6.07, 6.45) is -0.954. The molecule has 0 radical (unpaired) electrons. The first kappa shape index (κ1) is 16.1. The second-order valence-corrected chi connectivity index (χ2v) is 5.05. The highest BCUT2D eigenvalue weighted by Gasteiger charge is 2.11. The fourth-order valence-electron chi connectivity index (χ4n) is 2.00. The smallest absolute Gasteiger partial charge is 0.295 e. The molecule has 0 spiro atoms. The molecule has 0 saturated carbocycles. The third-order valence-electron chi connectivity index (χ3n) is 3.17. The van der Waals surface area contributed by atoms with Crippen LogP contribution in [0.5, 0.6) is 5.75 Å². The molecule has 1 heterocycles. The molecule has 3 aromatic rings. The van der Waals surface area contributed by atoms with Crippen molar-refractivity contribution in [3.8, 4) is 5.75 Å². The third-order valence-corrected chi connectivity index (χ3v) is 3.17. The maximum absolute atomic E-state index is 13.1. The number of aliphatic hydroxyl groups excluding tert-OH is 1. The number of aromatic nitrogens is 1. The Morgan fingerprint density at radius 1 is 1.12 bits per heavy atom. The molecule has 0 aliphatic carbocycles. The number of nitrogens with zero attached hydrogens (tertiary/aromatic N) is 1.